The van der Waals surface area contributed by atoms with E-state index in [0.29, 0.717) is 10.7 Å². The molecule has 0 spiro atoms. The first-order chi connectivity index (χ1) is 10.3. The fourth-order valence-corrected chi connectivity index (χ4v) is 1.97. The number of halogens is 1. The second kappa shape index (κ2) is 6.40. The number of esters is 1. The molecule has 5 nitrogen and oxygen atoms in total. The molecule has 1 aromatic rings. The molecule has 118 valence electrons. The molecule has 2 rings (SSSR count). The molecule has 1 aliphatic rings. The lowest BCUT2D eigenvalue weighted by molar-refractivity contribution is -0.135. The zero-order valence-corrected chi connectivity index (χ0v) is 13.8. The maximum absolute atomic E-state index is 12.0. The number of carbonyl (C=O) groups is 1. The number of nitrogens with zero attached hydrogens (tertiary/aromatic N) is 2. The molecule has 0 saturated heterocycles. The Balaban J connectivity index is 2.08. The Kier molecular flexibility index (Phi) is 4.76. The summed E-state index contributed by atoms with van der Waals surface area (Å²) in [7, 11) is 0. The van der Waals surface area contributed by atoms with Crippen molar-refractivity contribution in [1.82, 2.24) is 5.17 Å². The summed E-state index contributed by atoms with van der Waals surface area (Å²) in [4.78, 5) is 17.3. The van der Waals surface area contributed by atoms with E-state index in [2.05, 4.69) is 5.10 Å². The van der Waals surface area contributed by atoms with Crippen LogP contribution in [-0.4, -0.2) is 21.9 Å². The fraction of sp³-hybridized carbons (Fsp3) is 0.375. The molecule has 0 bridgehead atoms. The van der Waals surface area contributed by atoms with E-state index in [-0.39, 0.29) is 12.0 Å². The highest BCUT2D eigenvalue weighted by Gasteiger charge is 2.20. The minimum absolute atomic E-state index is 0.147. The van der Waals surface area contributed by atoms with Crippen LogP contribution >= 0.6 is 11.6 Å². The molecule has 6 heteroatoms. The molecule has 0 N–H and O–H groups in total. The predicted molar refractivity (Wildman–Crippen MR) is 85.4 cm³/mol. The van der Waals surface area contributed by atoms with Gasteiger partial charge in [0.25, 0.3) is 0 Å². The van der Waals surface area contributed by atoms with Crippen LogP contribution in [0.1, 0.15) is 49.7 Å². The number of benzene rings is 1. The van der Waals surface area contributed by atoms with Gasteiger partial charge in [-0.05, 0) is 45.4 Å². The van der Waals surface area contributed by atoms with E-state index in [9.17, 15) is 4.79 Å². The molecular formula is C16H19ClN2O3. The average Bonchev–Trinajstić information content (AvgIpc) is 2.45. The third-order valence-corrected chi connectivity index (χ3v) is 3.13. The summed E-state index contributed by atoms with van der Waals surface area (Å²) in [6.45, 7) is 7.44. The number of rotatable bonds is 3. The van der Waals surface area contributed by atoms with Gasteiger partial charge in [-0.3, -0.25) is 0 Å². The standard InChI is InChI=1S/C16H19ClN2O3/c1-11(19-18-14(17)9-10-21-19)12-5-7-13(8-6-12)15(20)22-16(2,3)4/h5-11H,1-4H3/t11-/m0/s1. The van der Waals surface area contributed by atoms with Crippen molar-refractivity contribution in [2.24, 2.45) is 5.10 Å². The summed E-state index contributed by atoms with van der Waals surface area (Å²) in [6.07, 6.45) is 3.04. The van der Waals surface area contributed by atoms with E-state index in [4.69, 9.17) is 21.2 Å². The monoisotopic (exact) mass is 322 g/mol. The first-order valence-electron chi connectivity index (χ1n) is 6.96. The summed E-state index contributed by atoms with van der Waals surface area (Å²) in [5.74, 6) is -0.343. The molecule has 1 atom stereocenters. The van der Waals surface area contributed by atoms with Crippen LogP contribution in [-0.2, 0) is 9.57 Å². The number of hydrazone groups is 1. The summed E-state index contributed by atoms with van der Waals surface area (Å²) >= 11 is 5.85. The number of hydrogen-bond donors (Lipinski definition) is 0. The average molecular weight is 323 g/mol. The zero-order valence-electron chi connectivity index (χ0n) is 13.0. The van der Waals surface area contributed by atoms with Crippen molar-refractivity contribution in [3.05, 3.63) is 47.7 Å². The Hall–Kier alpha value is -2.01. The van der Waals surface area contributed by atoms with Crippen molar-refractivity contribution in [3.63, 3.8) is 0 Å². The van der Waals surface area contributed by atoms with Gasteiger partial charge in [0.15, 0.2) is 5.17 Å². The highest BCUT2D eigenvalue weighted by Crippen LogP contribution is 2.24. The van der Waals surface area contributed by atoms with Gasteiger partial charge in [-0.2, -0.15) is 0 Å². The fourth-order valence-electron chi connectivity index (χ4n) is 1.84. The van der Waals surface area contributed by atoms with Gasteiger partial charge in [0.2, 0.25) is 0 Å². The Morgan fingerprint density at radius 1 is 1.32 bits per heavy atom. The lowest BCUT2D eigenvalue weighted by Crippen LogP contribution is -2.24. The van der Waals surface area contributed by atoms with Crippen LogP contribution in [0.4, 0.5) is 0 Å². The van der Waals surface area contributed by atoms with Gasteiger partial charge in [0.1, 0.15) is 17.9 Å². The number of hydrogen-bond acceptors (Lipinski definition) is 5. The SMILES string of the molecule is C[C@@H](c1ccc(C(=O)OC(C)(C)C)cc1)N1N=C(Cl)C=CO1. The van der Waals surface area contributed by atoms with Gasteiger partial charge < -0.3 is 9.57 Å². The van der Waals surface area contributed by atoms with Crippen molar-refractivity contribution in [2.45, 2.75) is 39.3 Å². The summed E-state index contributed by atoms with van der Waals surface area (Å²) in [6, 6.07) is 6.99. The van der Waals surface area contributed by atoms with Crippen molar-refractivity contribution in [1.29, 1.82) is 0 Å². The van der Waals surface area contributed by atoms with Crippen LogP contribution in [0.2, 0.25) is 0 Å². The molecule has 1 heterocycles. The predicted octanol–water partition coefficient (Wildman–Crippen LogP) is 4.02. The highest BCUT2D eigenvalue weighted by atomic mass is 35.5. The van der Waals surface area contributed by atoms with E-state index in [0.717, 1.165) is 5.56 Å². The van der Waals surface area contributed by atoms with Crippen molar-refractivity contribution < 1.29 is 14.4 Å². The molecular weight excluding hydrogens is 304 g/mol. The maximum Gasteiger partial charge on any atom is 0.338 e. The quantitative estimate of drug-likeness (QED) is 0.789. The van der Waals surface area contributed by atoms with Crippen molar-refractivity contribution in [3.8, 4) is 0 Å². The van der Waals surface area contributed by atoms with Crippen LogP contribution in [0, 0.1) is 0 Å². The van der Waals surface area contributed by atoms with E-state index < -0.39 is 5.60 Å². The largest absolute Gasteiger partial charge is 0.456 e. The summed E-state index contributed by atoms with van der Waals surface area (Å²) < 4.78 is 5.33. The van der Waals surface area contributed by atoms with Crippen LogP contribution in [0.3, 0.4) is 0 Å². The molecule has 0 amide bonds. The van der Waals surface area contributed by atoms with Crippen LogP contribution < -0.4 is 0 Å². The molecule has 0 fully saturated rings. The molecule has 0 radical (unpaired) electrons. The number of hydroxylamine groups is 1. The second-order valence-electron chi connectivity index (χ2n) is 5.93. The van der Waals surface area contributed by atoms with Crippen molar-refractivity contribution >= 4 is 22.7 Å². The number of ether oxygens (including phenoxy) is 1. The minimum Gasteiger partial charge on any atom is -0.456 e. The van der Waals surface area contributed by atoms with E-state index in [1.165, 1.54) is 11.4 Å². The lowest BCUT2D eigenvalue weighted by atomic mass is 10.1. The third-order valence-electron chi connectivity index (χ3n) is 2.93. The van der Waals surface area contributed by atoms with Crippen molar-refractivity contribution in [2.75, 3.05) is 0 Å². The highest BCUT2D eigenvalue weighted by molar-refractivity contribution is 6.68. The molecule has 0 aromatic heterocycles. The number of carbonyl (C=O) groups excluding carboxylic acids is 1. The zero-order chi connectivity index (χ0) is 16.3. The van der Waals surface area contributed by atoms with Gasteiger partial charge in [-0.15, -0.1) is 10.3 Å². The van der Waals surface area contributed by atoms with E-state index >= 15 is 0 Å². The van der Waals surface area contributed by atoms with Gasteiger partial charge in [0.05, 0.1) is 5.56 Å². The smallest absolute Gasteiger partial charge is 0.338 e. The molecule has 0 saturated carbocycles. The Bertz CT molecular complexity index is 603. The minimum atomic E-state index is -0.511. The number of allylic oxidation sites excluding steroid dienone is 1. The van der Waals surface area contributed by atoms with E-state index in [1.807, 2.05) is 39.8 Å². The molecule has 1 aliphatic heterocycles. The summed E-state index contributed by atoms with van der Waals surface area (Å²) in [5.41, 5.74) is 0.936. The topological polar surface area (TPSA) is 51.1 Å². The first kappa shape index (κ1) is 16.4. The molecule has 1 aromatic carbocycles. The van der Waals surface area contributed by atoms with Gasteiger partial charge in [-0.25, -0.2) is 4.79 Å². The Morgan fingerprint density at radius 2 is 1.95 bits per heavy atom. The lowest BCUT2D eigenvalue weighted by Gasteiger charge is -2.26. The Morgan fingerprint density at radius 3 is 2.50 bits per heavy atom. The normalized spacial score (nSPS) is 15.9. The van der Waals surface area contributed by atoms with Crippen LogP contribution in [0.25, 0.3) is 0 Å². The van der Waals surface area contributed by atoms with Gasteiger partial charge in [-0.1, -0.05) is 23.7 Å². The second-order valence-corrected chi connectivity index (χ2v) is 6.32. The van der Waals surface area contributed by atoms with Crippen LogP contribution in [0.15, 0.2) is 41.7 Å². The maximum atomic E-state index is 12.0. The molecule has 0 aliphatic carbocycles. The molecule has 0 unspecified atom stereocenters. The van der Waals surface area contributed by atoms with Crippen LogP contribution in [0.5, 0.6) is 0 Å². The third kappa shape index (κ3) is 4.24. The summed E-state index contributed by atoms with van der Waals surface area (Å²) in [5, 5.41) is 5.84. The van der Waals surface area contributed by atoms with E-state index in [1.54, 1.807) is 18.2 Å². The first-order valence-corrected chi connectivity index (χ1v) is 7.34. The van der Waals surface area contributed by atoms with Gasteiger partial charge in [0, 0.05) is 6.08 Å². The molecule has 22 heavy (non-hydrogen) atoms. The Labute approximate surface area is 135 Å². The van der Waals surface area contributed by atoms with Gasteiger partial charge >= 0.3 is 5.97 Å².